The maximum Gasteiger partial charge on any atom is 0.174 e. The molecule has 3 N–H and O–H groups in total. The van der Waals surface area contributed by atoms with Gasteiger partial charge in [-0.05, 0) is 33.3 Å². The number of pyridine rings is 1. The van der Waals surface area contributed by atoms with Crippen molar-refractivity contribution in [2.45, 2.75) is 39.3 Å². The van der Waals surface area contributed by atoms with Crippen LogP contribution in [0.5, 0.6) is 0 Å². The molecule has 0 saturated carbocycles. The highest BCUT2D eigenvalue weighted by atomic mass is 16.5. The summed E-state index contributed by atoms with van der Waals surface area (Å²) in [5, 5.41) is 12.1. The molecule has 1 aromatic heterocycles. The molecule has 1 saturated heterocycles. The number of anilines is 1. The summed E-state index contributed by atoms with van der Waals surface area (Å²) in [6, 6.07) is 2.24. The Labute approximate surface area is 119 Å². The lowest BCUT2D eigenvalue weighted by molar-refractivity contribution is 0.118. The lowest BCUT2D eigenvalue weighted by Gasteiger charge is -2.31. The highest BCUT2D eigenvalue weighted by Gasteiger charge is 2.30. The Kier molecular flexibility index (Phi) is 4.13. The topological polar surface area (TPSA) is 84.0 Å². The SMILES string of the molecule is Cc1cc(N(C)C2CCOC2C)c(/C(N)=N/O)c(C)n1. The van der Waals surface area contributed by atoms with Crippen molar-refractivity contribution in [2.75, 3.05) is 18.6 Å². The van der Waals surface area contributed by atoms with Gasteiger partial charge in [0.1, 0.15) is 0 Å². The van der Waals surface area contributed by atoms with Gasteiger partial charge in [-0.25, -0.2) is 0 Å². The fraction of sp³-hybridized carbons (Fsp3) is 0.571. The third-order valence-corrected chi connectivity index (χ3v) is 3.89. The molecular weight excluding hydrogens is 256 g/mol. The molecule has 2 heterocycles. The van der Waals surface area contributed by atoms with Crippen LogP contribution in [-0.2, 0) is 4.74 Å². The molecule has 0 aromatic carbocycles. The van der Waals surface area contributed by atoms with Gasteiger partial charge in [0.15, 0.2) is 5.84 Å². The van der Waals surface area contributed by atoms with Gasteiger partial charge in [0.25, 0.3) is 0 Å². The Morgan fingerprint density at radius 2 is 2.25 bits per heavy atom. The van der Waals surface area contributed by atoms with Gasteiger partial charge in [0.2, 0.25) is 0 Å². The number of likely N-dealkylation sites (N-methyl/N-ethyl adjacent to an activating group) is 1. The summed E-state index contributed by atoms with van der Waals surface area (Å²) in [4.78, 5) is 6.55. The average molecular weight is 278 g/mol. The summed E-state index contributed by atoms with van der Waals surface area (Å²) in [6.45, 7) is 6.64. The van der Waals surface area contributed by atoms with E-state index < -0.39 is 0 Å². The molecule has 2 unspecified atom stereocenters. The molecule has 1 aliphatic rings. The summed E-state index contributed by atoms with van der Waals surface area (Å²) >= 11 is 0. The maximum atomic E-state index is 9.00. The van der Waals surface area contributed by atoms with Crippen molar-refractivity contribution in [3.63, 3.8) is 0 Å². The second-order valence-electron chi connectivity index (χ2n) is 5.27. The first kappa shape index (κ1) is 14.6. The lowest BCUT2D eigenvalue weighted by Crippen LogP contribution is -2.38. The van der Waals surface area contributed by atoms with Gasteiger partial charge in [-0.15, -0.1) is 0 Å². The Bertz CT molecular complexity index is 530. The summed E-state index contributed by atoms with van der Waals surface area (Å²) < 4.78 is 5.63. The summed E-state index contributed by atoms with van der Waals surface area (Å²) in [5.74, 6) is 0.0865. The van der Waals surface area contributed by atoms with Crippen LogP contribution in [-0.4, -0.2) is 41.8 Å². The molecule has 6 nitrogen and oxygen atoms in total. The summed E-state index contributed by atoms with van der Waals surface area (Å²) in [5.41, 5.74) is 9.09. The van der Waals surface area contributed by atoms with Gasteiger partial charge in [-0.2, -0.15) is 0 Å². The lowest BCUT2D eigenvalue weighted by atomic mass is 10.0. The zero-order valence-electron chi connectivity index (χ0n) is 12.4. The predicted octanol–water partition coefficient (Wildman–Crippen LogP) is 1.41. The Morgan fingerprint density at radius 1 is 1.55 bits per heavy atom. The predicted molar refractivity (Wildman–Crippen MR) is 78.4 cm³/mol. The fourth-order valence-corrected chi connectivity index (χ4v) is 2.86. The number of rotatable bonds is 3. The van der Waals surface area contributed by atoms with Crippen LogP contribution in [0.2, 0.25) is 0 Å². The van der Waals surface area contributed by atoms with Gasteiger partial charge in [0, 0.05) is 19.3 Å². The monoisotopic (exact) mass is 278 g/mol. The van der Waals surface area contributed by atoms with E-state index in [1.165, 1.54) is 0 Å². The molecule has 0 aliphatic carbocycles. The zero-order valence-corrected chi connectivity index (χ0v) is 12.4. The normalized spacial score (nSPS) is 23.1. The Morgan fingerprint density at radius 3 is 2.80 bits per heavy atom. The number of aryl methyl sites for hydroxylation is 2. The van der Waals surface area contributed by atoms with Crippen LogP contribution in [0.4, 0.5) is 5.69 Å². The van der Waals surface area contributed by atoms with Crippen LogP contribution in [0.15, 0.2) is 11.2 Å². The largest absolute Gasteiger partial charge is 0.409 e. The van der Waals surface area contributed by atoms with E-state index in [-0.39, 0.29) is 18.0 Å². The standard InChI is InChI=1S/C14H22N4O2/c1-8-7-12(13(9(2)16-8)14(15)17-19)18(4)11-5-6-20-10(11)3/h7,10-11,19H,5-6H2,1-4H3,(H2,15,17). The molecule has 20 heavy (non-hydrogen) atoms. The molecule has 2 rings (SSSR count). The first-order valence-electron chi connectivity index (χ1n) is 6.76. The van der Waals surface area contributed by atoms with E-state index in [0.717, 1.165) is 30.1 Å². The highest BCUT2D eigenvalue weighted by molar-refractivity contribution is 6.03. The first-order valence-corrected chi connectivity index (χ1v) is 6.76. The first-order chi connectivity index (χ1) is 9.45. The number of oxime groups is 1. The molecule has 0 spiro atoms. The van der Waals surface area contributed by atoms with E-state index in [9.17, 15) is 0 Å². The van der Waals surface area contributed by atoms with Gasteiger partial charge >= 0.3 is 0 Å². The van der Waals surface area contributed by atoms with Gasteiger partial charge < -0.3 is 20.6 Å². The number of aromatic nitrogens is 1. The zero-order chi connectivity index (χ0) is 14.9. The number of hydrogen-bond donors (Lipinski definition) is 2. The van der Waals surface area contributed by atoms with Crippen LogP contribution in [0, 0.1) is 13.8 Å². The Hall–Kier alpha value is -1.82. The van der Waals surface area contributed by atoms with Crippen LogP contribution in [0.25, 0.3) is 0 Å². The van der Waals surface area contributed by atoms with E-state index in [1.54, 1.807) is 0 Å². The van der Waals surface area contributed by atoms with E-state index >= 15 is 0 Å². The molecule has 0 radical (unpaired) electrons. The minimum atomic E-state index is 0.0865. The van der Waals surface area contributed by atoms with Gasteiger partial charge in [0.05, 0.1) is 29.1 Å². The minimum Gasteiger partial charge on any atom is -0.409 e. The van der Waals surface area contributed by atoms with Crippen molar-refractivity contribution in [1.29, 1.82) is 0 Å². The second kappa shape index (κ2) is 5.66. The van der Waals surface area contributed by atoms with Gasteiger partial charge in [-0.1, -0.05) is 5.16 Å². The van der Waals surface area contributed by atoms with Crippen LogP contribution in [0.1, 0.15) is 30.3 Å². The minimum absolute atomic E-state index is 0.0865. The van der Waals surface area contributed by atoms with Crippen molar-refractivity contribution in [2.24, 2.45) is 10.9 Å². The maximum absolute atomic E-state index is 9.00. The molecule has 2 atom stereocenters. The molecule has 0 bridgehead atoms. The van der Waals surface area contributed by atoms with Crippen LogP contribution >= 0.6 is 0 Å². The van der Waals surface area contributed by atoms with E-state index in [4.69, 9.17) is 15.7 Å². The molecule has 1 aliphatic heterocycles. The van der Waals surface area contributed by atoms with Crippen molar-refractivity contribution < 1.29 is 9.94 Å². The molecule has 1 aromatic rings. The summed E-state index contributed by atoms with van der Waals surface area (Å²) in [6.07, 6.45) is 1.13. The van der Waals surface area contributed by atoms with Crippen molar-refractivity contribution in [1.82, 2.24) is 4.98 Å². The molecular formula is C14H22N4O2. The quantitative estimate of drug-likeness (QED) is 0.378. The molecule has 1 fully saturated rings. The second-order valence-corrected chi connectivity index (χ2v) is 5.27. The number of amidine groups is 1. The molecule has 110 valence electrons. The third kappa shape index (κ3) is 2.56. The van der Waals surface area contributed by atoms with Crippen LogP contribution < -0.4 is 10.6 Å². The number of ether oxygens (including phenoxy) is 1. The van der Waals surface area contributed by atoms with Crippen molar-refractivity contribution >= 4 is 11.5 Å². The Balaban J connectivity index is 2.49. The van der Waals surface area contributed by atoms with E-state index in [1.807, 2.05) is 27.0 Å². The summed E-state index contributed by atoms with van der Waals surface area (Å²) in [7, 11) is 2.01. The molecule has 6 heteroatoms. The van der Waals surface area contributed by atoms with Crippen molar-refractivity contribution in [3.8, 4) is 0 Å². The van der Waals surface area contributed by atoms with Crippen molar-refractivity contribution in [3.05, 3.63) is 23.0 Å². The number of hydrogen-bond acceptors (Lipinski definition) is 5. The van der Waals surface area contributed by atoms with Crippen LogP contribution in [0.3, 0.4) is 0 Å². The van der Waals surface area contributed by atoms with Gasteiger partial charge in [-0.3, -0.25) is 4.98 Å². The molecule has 0 amide bonds. The highest BCUT2D eigenvalue weighted by Crippen LogP contribution is 2.29. The van der Waals surface area contributed by atoms with E-state index in [0.29, 0.717) is 5.56 Å². The average Bonchev–Trinajstić information content (AvgIpc) is 2.82. The smallest absolute Gasteiger partial charge is 0.174 e. The number of nitrogens with two attached hydrogens (primary N) is 1. The fourth-order valence-electron chi connectivity index (χ4n) is 2.86. The van der Waals surface area contributed by atoms with E-state index in [2.05, 4.69) is 22.0 Å². The number of nitrogens with zero attached hydrogens (tertiary/aromatic N) is 3. The third-order valence-electron chi connectivity index (χ3n) is 3.89.